The number of hydrogen-bond donors (Lipinski definition) is 2. The normalized spacial score (nSPS) is 15.7. The van der Waals surface area contributed by atoms with Crippen molar-refractivity contribution in [1.82, 2.24) is 14.6 Å². The van der Waals surface area contributed by atoms with E-state index in [9.17, 15) is 24.8 Å². The molecule has 10 nitrogen and oxygen atoms in total. The Bertz CT molecular complexity index is 1150. The van der Waals surface area contributed by atoms with Crippen molar-refractivity contribution >= 4 is 29.5 Å². The molecule has 1 aliphatic rings. The van der Waals surface area contributed by atoms with Crippen molar-refractivity contribution in [3.63, 3.8) is 0 Å². The van der Waals surface area contributed by atoms with Crippen molar-refractivity contribution in [3.05, 3.63) is 60.6 Å². The fourth-order valence-corrected chi connectivity index (χ4v) is 3.75. The van der Waals surface area contributed by atoms with Crippen LogP contribution in [-0.4, -0.2) is 36.2 Å². The smallest absolute Gasteiger partial charge is 0.269 e. The summed E-state index contributed by atoms with van der Waals surface area (Å²) in [5, 5.41) is 27.4. The minimum Gasteiger partial charge on any atom is -0.494 e. The van der Waals surface area contributed by atoms with Crippen LogP contribution in [0, 0.1) is 14.9 Å². The highest BCUT2D eigenvalue weighted by Crippen LogP contribution is 2.34. The van der Waals surface area contributed by atoms with Gasteiger partial charge in [-0.1, -0.05) is 32.4 Å². The predicted molar refractivity (Wildman–Crippen MR) is 117 cm³/mol. The Hall–Kier alpha value is -3.34. The molecule has 164 valence electrons. The number of hydrazone groups is 1. The number of aromatic nitrogens is 2. The molecule has 0 saturated carbocycles. The summed E-state index contributed by atoms with van der Waals surface area (Å²) in [6.45, 7) is 4.12. The van der Waals surface area contributed by atoms with Gasteiger partial charge in [0.15, 0.2) is 4.77 Å². The summed E-state index contributed by atoms with van der Waals surface area (Å²) in [6.07, 6.45) is 1.98. The van der Waals surface area contributed by atoms with Crippen LogP contribution in [0.1, 0.15) is 56.7 Å². The lowest BCUT2D eigenvalue weighted by Crippen LogP contribution is -2.26. The first-order chi connectivity index (χ1) is 14.8. The van der Waals surface area contributed by atoms with E-state index in [1.54, 1.807) is 19.1 Å². The maximum atomic E-state index is 12.6. The first-order valence-corrected chi connectivity index (χ1v) is 10.4. The number of amides is 1. The minimum atomic E-state index is -0.581. The summed E-state index contributed by atoms with van der Waals surface area (Å²) in [4.78, 5) is 38.2. The lowest BCUT2D eigenvalue weighted by Gasteiger charge is -2.21. The fraction of sp³-hybridized carbons (Fsp3) is 0.400. The second-order valence-electron chi connectivity index (χ2n) is 7.17. The topological polar surface area (TPSA) is 134 Å². The molecule has 3 rings (SSSR count). The molecular weight excluding hydrogens is 422 g/mol. The van der Waals surface area contributed by atoms with Gasteiger partial charge in [-0.15, -0.1) is 0 Å². The van der Waals surface area contributed by atoms with Crippen LogP contribution in [0.2, 0.25) is 0 Å². The van der Waals surface area contributed by atoms with Gasteiger partial charge in [-0.2, -0.15) is 5.10 Å². The van der Waals surface area contributed by atoms with Crippen LogP contribution < -0.4 is 5.56 Å². The Morgan fingerprint density at radius 3 is 2.61 bits per heavy atom. The maximum Gasteiger partial charge on any atom is 0.269 e. The number of aromatic hydroxyl groups is 1. The standard InChI is InChI=1S/C20H23N5O5S/c1-3-5-10-23-19(28)17(18(27)21-20(23)31)14-11-15(24(22-14)16(26)4-2)12-6-8-13(9-7-12)25(29)30/h6-9,15,28H,3-5,10-11H2,1-2H3,(H,21,27,31)/t15-/m0/s1. The number of aromatic amines is 1. The van der Waals surface area contributed by atoms with Gasteiger partial charge in [-0.3, -0.25) is 29.3 Å². The third kappa shape index (κ3) is 4.41. The van der Waals surface area contributed by atoms with Gasteiger partial charge in [0, 0.05) is 31.5 Å². The van der Waals surface area contributed by atoms with Gasteiger partial charge in [0.25, 0.3) is 11.2 Å². The predicted octanol–water partition coefficient (Wildman–Crippen LogP) is 3.41. The first kappa shape index (κ1) is 22.3. The molecule has 0 radical (unpaired) electrons. The minimum absolute atomic E-state index is 0.0250. The van der Waals surface area contributed by atoms with E-state index in [0.29, 0.717) is 12.1 Å². The highest BCUT2D eigenvalue weighted by atomic mass is 32.1. The van der Waals surface area contributed by atoms with Crippen LogP contribution in [0.4, 0.5) is 5.69 Å². The van der Waals surface area contributed by atoms with Crippen molar-refractivity contribution < 1.29 is 14.8 Å². The van der Waals surface area contributed by atoms with Crippen LogP contribution in [0.3, 0.4) is 0 Å². The fourth-order valence-electron chi connectivity index (χ4n) is 3.47. The zero-order valence-corrected chi connectivity index (χ0v) is 18.0. The van der Waals surface area contributed by atoms with Crippen molar-refractivity contribution in [3.8, 4) is 5.88 Å². The molecule has 11 heteroatoms. The molecule has 1 amide bonds. The second kappa shape index (κ2) is 9.21. The summed E-state index contributed by atoms with van der Waals surface area (Å²) in [6, 6.07) is 5.30. The van der Waals surface area contributed by atoms with E-state index in [4.69, 9.17) is 12.2 Å². The Balaban J connectivity index is 2.05. The third-order valence-electron chi connectivity index (χ3n) is 5.15. The monoisotopic (exact) mass is 445 g/mol. The first-order valence-electron chi connectivity index (χ1n) is 9.98. The molecule has 0 spiro atoms. The average molecular weight is 446 g/mol. The summed E-state index contributed by atoms with van der Waals surface area (Å²) in [7, 11) is 0. The zero-order valence-electron chi connectivity index (χ0n) is 17.2. The number of non-ortho nitro benzene ring substituents is 1. The number of unbranched alkanes of at least 4 members (excludes halogenated alkanes) is 1. The molecule has 0 bridgehead atoms. The van der Waals surface area contributed by atoms with Gasteiger partial charge in [0.05, 0.1) is 16.7 Å². The van der Waals surface area contributed by atoms with Gasteiger partial charge >= 0.3 is 0 Å². The van der Waals surface area contributed by atoms with Crippen molar-refractivity contribution in [2.75, 3.05) is 0 Å². The second-order valence-corrected chi connectivity index (χ2v) is 7.56. The highest BCUT2D eigenvalue weighted by Gasteiger charge is 2.35. The van der Waals surface area contributed by atoms with Crippen LogP contribution in [0.15, 0.2) is 34.2 Å². The van der Waals surface area contributed by atoms with E-state index < -0.39 is 16.5 Å². The number of nitro benzene ring substituents is 1. The maximum absolute atomic E-state index is 12.6. The number of H-pyrrole nitrogens is 1. The molecular formula is C20H23N5O5S. The summed E-state index contributed by atoms with van der Waals surface area (Å²) >= 11 is 5.18. The molecule has 0 aliphatic carbocycles. The van der Waals surface area contributed by atoms with Crippen molar-refractivity contribution in [2.24, 2.45) is 5.10 Å². The number of nitrogens with zero attached hydrogens (tertiary/aromatic N) is 4. The average Bonchev–Trinajstić information content (AvgIpc) is 3.17. The molecule has 1 aromatic heterocycles. The van der Waals surface area contributed by atoms with Crippen LogP contribution in [0.5, 0.6) is 5.88 Å². The zero-order chi connectivity index (χ0) is 22.7. The third-order valence-corrected chi connectivity index (χ3v) is 5.48. The molecule has 2 N–H and O–H groups in total. The van der Waals surface area contributed by atoms with Gasteiger partial charge in [-0.05, 0) is 24.2 Å². The Labute approximate surface area is 183 Å². The lowest BCUT2D eigenvalue weighted by molar-refractivity contribution is -0.384. The summed E-state index contributed by atoms with van der Waals surface area (Å²) < 4.78 is 1.57. The van der Waals surface area contributed by atoms with Gasteiger partial charge in [0.1, 0.15) is 5.56 Å². The lowest BCUT2D eigenvalue weighted by atomic mass is 9.99. The van der Waals surface area contributed by atoms with E-state index >= 15 is 0 Å². The molecule has 2 aromatic rings. The van der Waals surface area contributed by atoms with E-state index in [2.05, 4.69) is 10.1 Å². The van der Waals surface area contributed by atoms with Gasteiger partial charge in [-0.25, -0.2) is 5.01 Å². The Kier molecular flexibility index (Phi) is 6.64. The van der Waals surface area contributed by atoms with E-state index in [-0.39, 0.29) is 46.4 Å². The van der Waals surface area contributed by atoms with Crippen molar-refractivity contribution in [2.45, 2.75) is 52.1 Å². The van der Waals surface area contributed by atoms with Crippen LogP contribution in [0.25, 0.3) is 0 Å². The summed E-state index contributed by atoms with van der Waals surface area (Å²) in [5.41, 5.74) is 0.221. The molecule has 1 aromatic carbocycles. The van der Waals surface area contributed by atoms with E-state index in [1.165, 1.54) is 21.7 Å². The Morgan fingerprint density at radius 2 is 2.03 bits per heavy atom. The van der Waals surface area contributed by atoms with Gasteiger partial charge < -0.3 is 5.11 Å². The van der Waals surface area contributed by atoms with Crippen LogP contribution >= 0.6 is 12.2 Å². The molecule has 0 fully saturated rings. The number of benzene rings is 1. The number of rotatable bonds is 7. The van der Waals surface area contributed by atoms with Crippen molar-refractivity contribution in [1.29, 1.82) is 0 Å². The number of hydrogen-bond acceptors (Lipinski definition) is 7. The molecule has 0 unspecified atom stereocenters. The number of carbonyl (C=O) groups excluding carboxylic acids is 1. The van der Waals surface area contributed by atoms with Gasteiger partial charge in [0.2, 0.25) is 11.8 Å². The SMILES string of the molecule is CCCCn1c(O)c(C2=NN(C(=O)CC)[C@H](c3ccc([N+](=O)[O-])cc3)C2)c(=O)[nH]c1=S. The number of nitrogens with one attached hydrogen (secondary N) is 1. The summed E-state index contributed by atoms with van der Waals surface area (Å²) in [5.74, 6) is -0.554. The molecule has 1 aliphatic heterocycles. The molecule has 1 atom stereocenters. The van der Waals surface area contributed by atoms with Crippen LogP contribution in [-0.2, 0) is 11.3 Å². The largest absolute Gasteiger partial charge is 0.494 e. The highest BCUT2D eigenvalue weighted by molar-refractivity contribution is 7.71. The number of nitro groups is 1. The molecule has 0 saturated heterocycles. The molecule has 2 heterocycles. The molecule has 31 heavy (non-hydrogen) atoms. The Morgan fingerprint density at radius 1 is 1.35 bits per heavy atom. The number of carbonyl (C=O) groups is 1. The van der Waals surface area contributed by atoms with E-state index in [0.717, 1.165) is 12.8 Å². The van der Waals surface area contributed by atoms with E-state index in [1.807, 2.05) is 6.92 Å². The quantitative estimate of drug-likeness (QED) is 0.381.